The molecule has 1 aliphatic heterocycles. The minimum atomic E-state index is -0.999. The van der Waals surface area contributed by atoms with Crippen LogP contribution in [0.4, 0.5) is 4.39 Å². The van der Waals surface area contributed by atoms with Gasteiger partial charge in [-0.3, -0.25) is 9.59 Å². The van der Waals surface area contributed by atoms with Crippen molar-refractivity contribution in [1.29, 1.82) is 0 Å². The molecule has 4 nitrogen and oxygen atoms in total. The Morgan fingerprint density at radius 2 is 1.64 bits per heavy atom. The first kappa shape index (κ1) is 14.0. The fraction of sp³-hybridized carbons (Fsp3) is 0.0588. The van der Waals surface area contributed by atoms with E-state index < -0.39 is 23.5 Å². The van der Waals surface area contributed by atoms with Gasteiger partial charge < -0.3 is 10.4 Å². The van der Waals surface area contributed by atoms with Crippen LogP contribution in [0.25, 0.3) is 5.76 Å². The Kier molecular flexibility index (Phi) is 3.47. The second kappa shape index (κ2) is 5.44. The molecule has 1 fully saturated rings. The van der Waals surface area contributed by atoms with E-state index in [-0.39, 0.29) is 16.9 Å². The maximum atomic E-state index is 14.0. The summed E-state index contributed by atoms with van der Waals surface area (Å²) in [6, 6.07) is 13.2. The molecule has 0 aliphatic carbocycles. The number of benzene rings is 2. The third kappa shape index (κ3) is 2.26. The van der Waals surface area contributed by atoms with Crippen LogP contribution >= 0.6 is 0 Å². The van der Waals surface area contributed by atoms with Crippen LogP contribution in [0.2, 0.25) is 0 Å². The summed E-state index contributed by atoms with van der Waals surface area (Å²) >= 11 is 0. The number of rotatable bonds is 2. The van der Waals surface area contributed by atoms with E-state index in [1.165, 1.54) is 18.2 Å². The summed E-state index contributed by atoms with van der Waals surface area (Å²) in [5.74, 6) is -2.58. The molecule has 1 saturated heterocycles. The zero-order valence-electron chi connectivity index (χ0n) is 11.4. The molecule has 2 aromatic carbocycles. The summed E-state index contributed by atoms with van der Waals surface area (Å²) in [7, 11) is 0. The molecule has 1 atom stereocenters. The first-order chi connectivity index (χ1) is 10.6. The molecular formula is C17H12FNO3. The van der Waals surface area contributed by atoms with Crippen molar-refractivity contribution >= 4 is 17.4 Å². The number of carbonyl (C=O) groups excluding carboxylic acids is 2. The predicted molar refractivity (Wildman–Crippen MR) is 78.3 cm³/mol. The number of aliphatic hydroxyl groups is 1. The van der Waals surface area contributed by atoms with Gasteiger partial charge in [0.05, 0.1) is 11.6 Å². The molecule has 0 radical (unpaired) electrons. The van der Waals surface area contributed by atoms with Gasteiger partial charge in [0.1, 0.15) is 11.6 Å². The normalized spacial score (nSPS) is 20.0. The number of aliphatic hydroxyl groups excluding tert-OH is 1. The molecule has 22 heavy (non-hydrogen) atoms. The van der Waals surface area contributed by atoms with E-state index in [1.807, 2.05) is 0 Å². The van der Waals surface area contributed by atoms with E-state index in [2.05, 4.69) is 5.32 Å². The van der Waals surface area contributed by atoms with Gasteiger partial charge in [-0.2, -0.15) is 0 Å². The van der Waals surface area contributed by atoms with Crippen LogP contribution in [0.5, 0.6) is 0 Å². The van der Waals surface area contributed by atoms with Gasteiger partial charge in [-0.05, 0) is 6.07 Å². The second-order valence-corrected chi connectivity index (χ2v) is 4.89. The lowest BCUT2D eigenvalue weighted by Gasteiger charge is -2.14. The van der Waals surface area contributed by atoms with Crippen molar-refractivity contribution < 1.29 is 19.1 Å². The maximum Gasteiger partial charge on any atom is 0.293 e. The van der Waals surface area contributed by atoms with Crippen LogP contribution < -0.4 is 5.32 Å². The molecule has 2 aromatic rings. The van der Waals surface area contributed by atoms with E-state index >= 15 is 0 Å². The highest BCUT2D eigenvalue weighted by Crippen LogP contribution is 2.33. The van der Waals surface area contributed by atoms with Crippen LogP contribution in [-0.2, 0) is 9.59 Å². The summed E-state index contributed by atoms with van der Waals surface area (Å²) < 4.78 is 14.0. The molecule has 3 rings (SSSR count). The first-order valence-corrected chi connectivity index (χ1v) is 6.67. The number of halogens is 1. The number of nitrogens with one attached hydrogen (secondary N) is 1. The van der Waals surface area contributed by atoms with Crippen molar-refractivity contribution in [3.8, 4) is 0 Å². The maximum absolute atomic E-state index is 14.0. The molecule has 1 heterocycles. The lowest BCUT2D eigenvalue weighted by molar-refractivity contribution is -0.133. The third-order valence-corrected chi connectivity index (χ3v) is 3.53. The van der Waals surface area contributed by atoms with Gasteiger partial charge in [0.15, 0.2) is 0 Å². The monoisotopic (exact) mass is 297 g/mol. The highest BCUT2D eigenvalue weighted by Gasteiger charge is 2.40. The molecule has 0 aromatic heterocycles. The standard InChI is InChI=1S/C17H12FNO3/c18-12-9-5-4-8-11(12)14-13(16(21)17(22)19-14)15(20)10-6-2-1-3-7-10/h1-9,14,20H,(H,19,22)/b15-13+. The van der Waals surface area contributed by atoms with E-state index in [4.69, 9.17) is 0 Å². The average molecular weight is 297 g/mol. The van der Waals surface area contributed by atoms with Crippen molar-refractivity contribution in [2.75, 3.05) is 0 Å². The third-order valence-electron chi connectivity index (χ3n) is 3.53. The summed E-state index contributed by atoms with van der Waals surface area (Å²) in [4.78, 5) is 23.7. The van der Waals surface area contributed by atoms with Gasteiger partial charge >= 0.3 is 0 Å². The Bertz CT molecular complexity index is 784. The van der Waals surface area contributed by atoms with E-state index in [0.717, 1.165) is 0 Å². The number of amides is 1. The fourth-order valence-corrected chi connectivity index (χ4v) is 2.46. The SMILES string of the molecule is O=C1NC(c2ccccc2F)/C(=C(\O)c2ccccc2)C1=O. The van der Waals surface area contributed by atoms with Crippen LogP contribution in [0, 0.1) is 5.82 Å². The summed E-state index contributed by atoms with van der Waals surface area (Å²) in [5, 5.41) is 12.8. The fourth-order valence-electron chi connectivity index (χ4n) is 2.46. The number of carbonyl (C=O) groups is 2. The summed E-state index contributed by atoms with van der Waals surface area (Å²) in [6.45, 7) is 0. The Hall–Kier alpha value is -2.95. The number of ketones is 1. The zero-order valence-corrected chi connectivity index (χ0v) is 11.4. The number of hydrogen-bond donors (Lipinski definition) is 2. The molecule has 1 aliphatic rings. The van der Waals surface area contributed by atoms with Gasteiger partial charge in [0, 0.05) is 11.1 Å². The van der Waals surface area contributed by atoms with E-state index in [9.17, 15) is 19.1 Å². The molecule has 0 saturated carbocycles. The second-order valence-electron chi connectivity index (χ2n) is 4.89. The van der Waals surface area contributed by atoms with Gasteiger partial charge in [0.2, 0.25) is 0 Å². The minimum absolute atomic E-state index is 0.138. The van der Waals surface area contributed by atoms with Crippen molar-refractivity contribution in [2.45, 2.75) is 6.04 Å². The Morgan fingerprint density at radius 3 is 2.32 bits per heavy atom. The van der Waals surface area contributed by atoms with Crippen molar-refractivity contribution in [3.05, 3.63) is 77.1 Å². The highest BCUT2D eigenvalue weighted by molar-refractivity contribution is 6.46. The molecule has 110 valence electrons. The molecule has 1 amide bonds. The van der Waals surface area contributed by atoms with Gasteiger partial charge in [-0.25, -0.2) is 4.39 Å². The van der Waals surface area contributed by atoms with Crippen LogP contribution in [0.1, 0.15) is 17.2 Å². The Labute approximate surface area is 125 Å². The average Bonchev–Trinajstić information content (AvgIpc) is 2.83. The lowest BCUT2D eigenvalue weighted by Crippen LogP contribution is -2.21. The van der Waals surface area contributed by atoms with Crippen molar-refractivity contribution in [3.63, 3.8) is 0 Å². The highest BCUT2D eigenvalue weighted by atomic mass is 19.1. The van der Waals surface area contributed by atoms with Crippen molar-refractivity contribution in [2.24, 2.45) is 0 Å². The molecule has 0 bridgehead atoms. The van der Waals surface area contributed by atoms with Crippen molar-refractivity contribution in [1.82, 2.24) is 5.32 Å². The largest absolute Gasteiger partial charge is 0.507 e. The Balaban J connectivity index is 2.16. The molecular weight excluding hydrogens is 285 g/mol. The Morgan fingerprint density at radius 1 is 1.00 bits per heavy atom. The summed E-state index contributed by atoms with van der Waals surface area (Å²) in [5.41, 5.74) is 0.393. The first-order valence-electron chi connectivity index (χ1n) is 6.67. The smallest absolute Gasteiger partial charge is 0.293 e. The van der Waals surface area contributed by atoms with Crippen LogP contribution in [-0.4, -0.2) is 16.8 Å². The zero-order chi connectivity index (χ0) is 15.7. The van der Waals surface area contributed by atoms with Crippen LogP contribution in [0.15, 0.2) is 60.2 Å². The predicted octanol–water partition coefficient (Wildman–Crippen LogP) is 2.54. The topological polar surface area (TPSA) is 66.4 Å². The van der Waals surface area contributed by atoms with Gasteiger partial charge in [0.25, 0.3) is 11.7 Å². The van der Waals surface area contributed by atoms with E-state index in [0.29, 0.717) is 5.56 Å². The van der Waals surface area contributed by atoms with Crippen LogP contribution in [0.3, 0.4) is 0 Å². The minimum Gasteiger partial charge on any atom is -0.507 e. The molecule has 1 unspecified atom stereocenters. The lowest BCUT2D eigenvalue weighted by atomic mass is 9.95. The molecule has 0 spiro atoms. The number of Topliss-reactive ketones (excluding diaryl/α,β-unsaturated/α-hetero) is 1. The van der Waals surface area contributed by atoms with E-state index in [1.54, 1.807) is 36.4 Å². The number of hydrogen-bond acceptors (Lipinski definition) is 3. The van der Waals surface area contributed by atoms with Gasteiger partial charge in [-0.1, -0.05) is 48.5 Å². The quantitative estimate of drug-likeness (QED) is 0.508. The van der Waals surface area contributed by atoms with Gasteiger partial charge in [-0.15, -0.1) is 0 Å². The molecule has 5 heteroatoms. The molecule has 2 N–H and O–H groups in total. The summed E-state index contributed by atoms with van der Waals surface area (Å²) in [6.07, 6.45) is 0.